The lowest BCUT2D eigenvalue weighted by atomic mass is 10.1. The van der Waals surface area contributed by atoms with Crippen molar-refractivity contribution in [3.63, 3.8) is 0 Å². The SMILES string of the molecule is O=C1c2ccc(Br)cc2C(=O)C1(OCc1ccccc1)OCc1ccccc1. The first-order valence-electron chi connectivity index (χ1n) is 8.85. The smallest absolute Gasteiger partial charge is 0.300 e. The van der Waals surface area contributed by atoms with Crippen molar-refractivity contribution in [2.24, 2.45) is 0 Å². The van der Waals surface area contributed by atoms with Gasteiger partial charge < -0.3 is 9.47 Å². The van der Waals surface area contributed by atoms with Crippen LogP contribution in [0.3, 0.4) is 0 Å². The number of hydrogen-bond acceptors (Lipinski definition) is 4. The van der Waals surface area contributed by atoms with Gasteiger partial charge in [-0.1, -0.05) is 76.6 Å². The maximum absolute atomic E-state index is 13.2. The number of benzene rings is 3. The lowest BCUT2D eigenvalue weighted by Crippen LogP contribution is -2.46. The van der Waals surface area contributed by atoms with Crippen molar-refractivity contribution in [2.75, 3.05) is 0 Å². The van der Waals surface area contributed by atoms with E-state index in [1.165, 1.54) is 0 Å². The zero-order valence-electron chi connectivity index (χ0n) is 14.9. The molecule has 0 aliphatic heterocycles. The number of carbonyl (C=O) groups excluding carboxylic acids is 2. The molecule has 0 aromatic heterocycles. The maximum Gasteiger partial charge on any atom is 0.300 e. The Morgan fingerprint density at radius 1 is 0.679 bits per heavy atom. The number of hydrogen-bond donors (Lipinski definition) is 0. The highest BCUT2D eigenvalue weighted by Crippen LogP contribution is 2.37. The molecule has 1 aliphatic rings. The van der Waals surface area contributed by atoms with E-state index in [0.29, 0.717) is 15.6 Å². The third-order valence-electron chi connectivity index (χ3n) is 4.64. The molecule has 3 aromatic rings. The molecule has 0 saturated heterocycles. The molecule has 0 unspecified atom stereocenters. The van der Waals surface area contributed by atoms with Crippen molar-refractivity contribution in [3.8, 4) is 0 Å². The molecule has 140 valence electrons. The maximum atomic E-state index is 13.2. The van der Waals surface area contributed by atoms with Crippen molar-refractivity contribution in [2.45, 2.75) is 19.0 Å². The molecule has 0 bridgehead atoms. The van der Waals surface area contributed by atoms with Crippen molar-refractivity contribution in [1.29, 1.82) is 0 Å². The van der Waals surface area contributed by atoms with Gasteiger partial charge in [0.25, 0.3) is 0 Å². The molecule has 0 atom stereocenters. The van der Waals surface area contributed by atoms with Gasteiger partial charge in [-0.2, -0.15) is 0 Å². The predicted molar refractivity (Wildman–Crippen MR) is 108 cm³/mol. The second-order valence-corrected chi connectivity index (χ2v) is 7.43. The van der Waals surface area contributed by atoms with Crippen LogP contribution in [0.1, 0.15) is 31.8 Å². The molecular formula is C23H17BrO4. The minimum absolute atomic E-state index is 0.0856. The topological polar surface area (TPSA) is 52.6 Å². The van der Waals surface area contributed by atoms with Crippen LogP contribution in [0.5, 0.6) is 0 Å². The Hall–Kier alpha value is -2.60. The van der Waals surface area contributed by atoms with Crippen molar-refractivity contribution >= 4 is 27.5 Å². The van der Waals surface area contributed by atoms with Crippen LogP contribution in [-0.4, -0.2) is 17.4 Å². The molecule has 28 heavy (non-hydrogen) atoms. The number of ketones is 2. The molecular weight excluding hydrogens is 420 g/mol. The van der Waals surface area contributed by atoms with Crippen LogP contribution in [0.25, 0.3) is 0 Å². The highest BCUT2D eigenvalue weighted by Gasteiger charge is 2.56. The summed E-state index contributed by atoms with van der Waals surface area (Å²) < 4.78 is 12.5. The van der Waals surface area contributed by atoms with E-state index >= 15 is 0 Å². The number of Topliss-reactive ketones (excluding diaryl/α,β-unsaturated/α-hetero) is 2. The van der Waals surface area contributed by atoms with E-state index in [1.807, 2.05) is 60.7 Å². The Kier molecular flexibility index (Phi) is 5.22. The highest BCUT2D eigenvalue weighted by molar-refractivity contribution is 9.10. The summed E-state index contributed by atoms with van der Waals surface area (Å²) in [6, 6.07) is 23.8. The predicted octanol–water partition coefficient (Wildman–Crippen LogP) is 4.96. The first kappa shape index (κ1) is 18.7. The fourth-order valence-electron chi connectivity index (χ4n) is 3.18. The number of rotatable bonds is 6. The van der Waals surface area contributed by atoms with E-state index < -0.39 is 17.4 Å². The van der Waals surface area contributed by atoms with E-state index in [2.05, 4.69) is 15.9 Å². The van der Waals surface area contributed by atoms with Gasteiger partial charge in [0.15, 0.2) is 0 Å². The summed E-state index contributed by atoms with van der Waals surface area (Å²) in [7, 11) is 0. The fraction of sp³-hybridized carbons (Fsp3) is 0.130. The number of fused-ring (bicyclic) bond motifs is 1. The Morgan fingerprint density at radius 3 is 1.71 bits per heavy atom. The monoisotopic (exact) mass is 436 g/mol. The zero-order valence-corrected chi connectivity index (χ0v) is 16.5. The van der Waals surface area contributed by atoms with Crippen LogP contribution in [0.2, 0.25) is 0 Å². The molecule has 5 heteroatoms. The van der Waals surface area contributed by atoms with Gasteiger partial charge in [-0.05, 0) is 29.3 Å². The molecule has 1 aliphatic carbocycles. The van der Waals surface area contributed by atoms with Crippen LogP contribution < -0.4 is 0 Å². The number of halogens is 1. The number of carbonyl (C=O) groups is 2. The van der Waals surface area contributed by atoms with Crippen LogP contribution in [0.4, 0.5) is 0 Å². The van der Waals surface area contributed by atoms with E-state index in [4.69, 9.17) is 9.47 Å². The third kappa shape index (κ3) is 3.44. The van der Waals surface area contributed by atoms with Crippen molar-refractivity contribution < 1.29 is 19.1 Å². The second-order valence-electron chi connectivity index (χ2n) is 6.51. The van der Waals surface area contributed by atoms with Gasteiger partial charge in [0.1, 0.15) is 0 Å². The lowest BCUT2D eigenvalue weighted by molar-refractivity contribution is -0.180. The van der Waals surface area contributed by atoms with Crippen molar-refractivity contribution in [1.82, 2.24) is 0 Å². The van der Waals surface area contributed by atoms with Gasteiger partial charge in [-0.3, -0.25) is 9.59 Å². The summed E-state index contributed by atoms with van der Waals surface area (Å²) in [5.74, 6) is -2.91. The van der Waals surface area contributed by atoms with Crippen LogP contribution >= 0.6 is 15.9 Å². The fourth-order valence-corrected chi connectivity index (χ4v) is 3.54. The minimum Gasteiger partial charge on any atom is -0.332 e. The quantitative estimate of drug-likeness (QED) is 0.404. The van der Waals surface area contributed by atoms with Gasteiger partial charge in [-0.25, -0.2) is 0 Å². The van der Waals surface area contributed by atoms with Crippen LogP contribution in [0.15, 0.2) is 83.3 Å². The molecule has 0 saturated carbocycles. The normalized spacial score (nSPS) is 14.9. The van der Waals surface area contributed by atoms with E-state index in [1.54, 1.807) is 18.2 Å². The molecule has 0 heterocycles. The largest absolute Gasteiger partial charge is 0.332 e. The van der Waals surface area contributed by atoms with Gasteiger partial charge in [0, 0.05) is 15.6 Å². The summed E-state index contributed by atoms with van der Waals surface area (Å²) in [4.78, 5) is 26.4. The Balaban J connectivity index is 1.67. The summed E-state index contributed by atoms with van der Waals surface area (Å²) in [6.07, 6.45) is 0. The second kappa shape index (κ2) is 7.80. The first-order chi connectivity index (χ1) is 13.6. The summed E-state index contributed by atoms with van der Waals surface area (Å²) in [5.41, 5.74) is 2.32. The Labute approximate surface area is 171 Å². The first-order valence-corrected chi connectivity index (χ1v) is 9.64. The standard InChI is InChI=1S/C23H17BrO4/c24-18-11-12-19-20(13-18)22(26)23(21(19)25,27-14-16-7-3-1-4-8-16)28-15-17-9-5-2-6-10-17/h1-13H,14-15H2. The van der Waals surface area contributed by atoms with Crippen LogP contribution in [-0.2, 0) is 22.7 Å². The van der Waals surface area contributed by atoms with Gasteiger partial charge >= 0.3 is 5.79 Å². The molecule has 3 aromatic carbocycles. The number of ether oxygens (including phenoxy) is 2. The van der Waals surface area contributed by atoms with Crippen LogP contribution in [0, 0.1) is 0 Å². The molecule has 4 nitrogen and oxygen atoms in total. The molecule has 0 radical (unpaired) electrons. The average Bonchev–Trinajstić information content (AvgIpc) is 2.94. The third-order valence-corrected chi connectivity index (χ3v) is 5.13. The molecule has 0 spiro atoms. The molecule has 0 fully saturated rings. The molecule has 0 N–H and O–H groups in total. The summed E-state index contributed by atoms with van der Waals surface area (Å²) >= 11 is 3.36. The van der Waals surface area contributed by atoms with E-state index in [0.717, 1.165) is 11.1 Å². The Morgan fingerprint density at radius 2 is 1.18 bits per heavy atom. The highest BCUT2D eigenvalue weighted by atomic mass is 79.9. The summed E-state index contributed by atoms with van der Waals surface area (Å²) in [6.45, 7) is 0.171. The van der Waals surface area contributed by atoms with E-state index in [-0.39, 0.29) is 13.2 Å². The van der Waals surface area contributed by atoms with Crippen molar-refractivity contribution in [3.05, 3.63) is 106 Å². The molecule has 0 amide bonds. The van der Waals surface area contributed by atoms with Gasteiger partial charge in [-0.15, -0.1) is 0 Å². The minimum atomic E-state index is -1.98. The molecule has 4 rings (SSSR count). The lowest BCUT2D eigenvalue weighted by Gasteiger charge is -2.26. The zero-order chi connectivity index (χ0) is 19.6. The van der Waals surface area contributed by atoms with Gasteiger partial charge in [0.2, 0.25) is 11.6 Å². The summed E-state index contributed by atoms with van der Waals surface area (Å²) in [5, 5.41) is 0. The Bertz CT molecular complexity index is 972. The average molecular weight is 437 g/mol. The van der Waals surface area contributed by atoms with Gasteiger partial charge in [0.05, 0.1) is 13.2 Å². The van der Waals surface area contributed by atoms with E-state index in [9.17, 15) is 9.59 Å².